The molecule has 13 heteroatoms. The van der Waals surface area contributed by atoms with E-state index >= 15 is 0 Å². The van der Waals surface area contributed by atoms with Crippen LogP contribution < -0.4 is 8.85 Å². The lowest BCUT2D eigenvalue weighted by molar-refractivity contribution is 0.438. The lowest BCUT2D eigenvalue weighted by Crippen LogP contribution is -2.28. The van der Waals surface area contributed by atoms with Crippen LogP contribution in [0.4, 0.5) is 0 Å². The normalized spacial score (nSPS) is 11.6. The smallest absolute Gasteiger partial charge is 0.471 e. The van der Waals surface area contributed by atoms with Crippen molar-refractivity contribution in [2.45, 2.75) is 6.92 Å². The summed E-state index contributed by atoms with van der Waals surface area (Å²) in [7, 11) is -2.75. The summed E-state index contributed by atoms with van der Waals surface area (Å²) in [4.78, 5) is 0. The predicted octanol–water partition coefficient (Wildman–Crippen LogP) is 10.0. The van der Waals surface area contributed by atoms with Crippen molar-refractivity contribution in [3.8, 4) is 11.5 Å². The molecule has 152 valence electrons. The van der Waals surface area contributed by atoms with Gasteiger partial charge in [0.05, 0.1) is 30.1 Å². The van der Waals surface area contributed by atoms with Crippen LogP contribution >= 0.6 is 116 Å². The highest BCUT2D eigenvalue weighted by atomic mass is 35.5. The summed E-state index contributed by atoms with van der Waals surface area (Å²) in [5.41, 5.74) is 1.64. The quantitative estimate of drug-likeness (QED) is 0.193. The molecule has 28 heavy (non-hydrogen) atoms. The van der Waals surface area contributed by atoms with Crippen LogP contribution in [-0.2, 0) is 0 Å². The summed E-state index contributed by atoms with van der Waals surface area (Å²) in [6.07, 6.45) is 1.69. The second kappa shape index (κ2) is 10.5. The lowest BCUT2D eigenvalue weighted by atomic mass is 10.3. The van der Waals surface area contributed by atoms with Gasteiger partial charge in [-0.3, -0.25) is 0 Å². The number of benzene rings is 2. The molecule has 0 aliphatic heterocycles. The molecular formula is C15H6Cl10O2Si. The minimum atomic E-state index is -2.75. The number of hydrogen-bond donors (Lipinski definition) is 0. The molecule has 2 nitrogen and oxygen atoms in total. The third kappa shape index (κ3) is 5.03. The van der Waals surface area contributed by atoms with Crippen LogP contribution in [-0.4, -0.2) is 9.28 Å². The van der Waals surface area contributed by atoms with Crippen molar-refractivity contribution in [3.05, 3.63) is 62.0 Å². The van der Waals surface area contributed by atoms with Crippen LogP contribution in [0.15, 0.2) is 11.8 Å². The molecule has 0 bridgehead atoms. The third-order valence-electron chi connectivity index (χ3n) is 3.16. The minimum Gasteiger partial charge on any atom is -0.509 e. The van der Waals surface area contributed by atoms with E-state index in [2.05, 4.69) is 0 Å². The molecule has 0 saturated heterocycles. The van der Waals surface area contributed by atoms with Gasteiger partial charge in [-0.05, 0) is 12.6 Å². The van der Waals surface area contributed by atoms with E-state index < -0.39 is 9.28 Å². The second-order valence-corrected chi connectivity index (χ2v) is 10.3. The molecular weight excluding hydrogens is 595 g/mol. The van der Waals surface area contributed by atoms with Crippen LogP contribution in [0.2, 0.25) is 50.2 Å². The Kier molecular flexibility index (Phi) is 9.41. The molecule has 0 fully saturated rings. The number of hydrogen-bond acceptors (Lipinski definition) is 2. The fourth-order valence-electron chi connectivity index (χ4n) is 1.87. The average molecular weight is 601 g/mol. The third-order valence-corrected chi connectivity index (χ3v) is 9.28. The Labute approximate surface area is 212 Å². The van der Waals surface area contributed by atoms with Gasteiger partial charge in [0.1, 0.15) is 31.6 Å². The standard InChI is InChI=1S/C15H6Cl10O2Si/c1-2-3-28(26-14-10(22)6(18)4(16)7(19)11(14)23)27-15-12(24)8(20)5(17)9(21)13(15)25/h2-3,28H,1H3. The fraction of sp³-hybridized carbons (Fsp3) is 0.0667. The van der Waals surface area contributed by atoms with Gasteiger partial charge < -0.3 is 8.85 Å². The maximum Gasteiger partial charge on any atom is 0.471 e. The van der Waals surface area contributed by atoms with Gasteiger partial charge in [0.25, 0.3) is 0 Å². The number of halogens is 10. The Morgan fingerprint density at radius 1 is 0.500 bits per heavy atom. The topological polar surface area (TPSA) is 18.5 Å². The van der Waals surface area contributed by atoms with Crippen LogP contribution in [0.25, 0.3) is 0 Å². The molecule has 0 aliphatic carbocycles. The summed E-state index contributed by atoms with van der Waals surface area (Å²) < 4.78 is 11.7. The Balaban J connectivity index is 2.51. The summed E-state index contributed by atoms with van der Waals surface area (Å²) in [5.74, 6) is -0.00759. The van der Waals surface area contributed by atoms with Gasteiger partial charge in [0.15, 0.2) is 0 Å². The van der Waals surface area contributed by atoms with E-state index in [4.69, 9.17) is 125 Å². The van der Waals surface area contributed by atoms with E-state index in [9.17, 15) is 0 Å². The zero-order valence-corrected chi connectivity index (χ0v) is 22.0. The summed E-state index contributed by atoms with van der Waals surface area (Å²) >= 11 is 61.0. The minimum absolute atomic E-state index is 0.00166. The van der Waals surface area contributed by atoms with E-state index in [0.29, 0.717) is 0 Å². The molecule has 0 aromatic heterocycles. The van der Waals surface area contributed by atoms with Crippen molar-refractivity contribution < 1.29 is 8.85 Å². The highest BCUT2D eigenvalue weighted by Gasteiger charge is 2.27. The van der Waals surface area contributed by atoms with Gasteiger partial charge in [-0.25, -0.2) is 0 Å². The first-order valence-electron chi connectivity index (χ1n) is 7.01. The first kappa shape index (κ1) is 25.2. The van der Waals surface area contributed by atoms with Crippen LogP contribution in [0.3, 0.4) is 0 Å². The van der Waals surface area contributed by atoms with Crippen LogP contribution in [0.1, 0.15) is 6.92 Å². The molecule has 0 amide bonds. The van der Waals surface area contributed by atoms with Gasteiger partial charge in [-0.2, -0.15) is 0 Å². The van der Waals surface area contributed by atoms with E-state index in [1.165, 1.54) is 0 Å². The maximum absolute atomic E-state index is 6.20. The second-order valence-electron chi connectivity index (χ2n) is 4.93. The summed E-state index contributed by atoms with van der Waals surface area (Å²) in [5, 5.41) is -0.205. The Morgan fingerprint density at radius 2 is 0.750 bits per heavy atom. The Morgan fingerprint density at radius 3 is 1.00 bits per heavy atom. The van der Waals surface area contributed by atoms with Gasteiger partial charge in [-0.15, -0.1) is 0 Å². The fourth-order valence-corrected chi connectivity index (χ4v) is 6.04. The molecule has 0 aliphatic rings. The largest absolute Gasteiger partial charge is 0.509 e. The Hall–Kier alpha value is 0.897. The van der Waals surface area contributed by atoms with E-state index in [0.717, 1.165) is 0 Å². The highest BCUT2D eigenvalue weighted by Crippen LogP contribution is 2.50. The molecule has 0 unspecified atom stereocenters. The molecule has 2 aromatic rings. The highest BCUT2D eigenvalue weighted by molar-refractivity contribution is 6.59. The van der Waals surface area contributed by atoms with Crippen LogP contribution in [0, 0.1) is 0 Å². The lowest BCUT2D eigenvalue weighted by Gasteiger charge is -2.21. The van der Waals surface area contributed by atoms with Gasteiger partial charge >= 0.3 is 9.28 Å². The Bertz CT molecular complexity index is 833. The average Bonchev–Trinajstić information content (AvgIpc) is 2.68. The SMILES string of the molecule is CC=C[SiH](Oc1c(Cl)c(Cl)c(Cl)c(Cl)c1Cl)Oc1c(Cl)c(Cl)c(Cl)c(Cl)c1Cl. The molecule has 0 heterocycles. The van der Waals surface area contributed by atoms with E-state index in [1.54, 1.807) is 18.7 Å². The summed E-state index contributed by atoms with van der Waals surface area (Å²) in [6, 6.07) is 0. The first-order chi connectivity index (χ1) is 13.0. The van der Waals surface area contributed by atoms with Crippen molar-refractivity contribution in [1.29, 1.82) is 0 Å². The number of rotatable bonds is 5. The molecule has 2 aromatic carbocycles. The zero-order valence-electron chi connectivity index (χ0n) is 13.3. The van der Waals surface area contributed by atoms with Crippen molar-refractivity contribution in [2.24, 2.45) is 0 Å². The first-order valence-corrected chi connectivity index (χ1v) is 12.4. The van der Waals surface area contributed by atoms with Gasteiger partial charge in [0.2, 0.25) is 0 Å². The van der Waals surface area contributed by atoms with Crippen molar-refractivity contribution in [2.75, 3.05) is 0 Å². The van der Waals surface area contributed by atoms with Crippen molar-refractivity contribution in [3.63, 3.8) is 0 Å². The predicted molar refractivity (Wildman–Crippen MR) is 126 cm³/mol. The maximum atomic E-state index is 6.20. The molecule has 0 spiro atoms. The molecule has 0 saturated carbocycles. The van der Waals surface area contributed by atoms with Gasteiger partial charge in [0, 0.05) is 0 Å². The van der Waals surface area contributed by atoms with Crippen molar-refractivity contribution in [1.82, 2.24) is 0 Å². The zero-order chi connectivity index (χ0) is 21.3. The van der Waals surface area contributed by atoms with Crippen LogP contribution in [0.5, 0.6) is 11.5 Å². The van der Waals surface area contributed by atoms with Gasteiger partial charge in [-0.1, -0.05) is 122 Å². The molecule has 0 radical (unpaired) electrons. The summed E-state index contributed by atoms with van der Waals surface area (Å²) in [6.45, 7) is 1.75. The monoisotopic (exact) mass is 596 g/mol. The molecule has 2 rings (SSSR count). The van der Waals surface area contributed by atoms with E-state index in [-0.39, 0.29) is 61.7 Å². The molecule has 0 N–H and O–H groups in total. The molecule has 0 atom stereocenters. The number of allylic oxidation sites excluding steroid dienone is 1. The van der Waals surface area contributed by atoms with E-state index in [1.807, 2.05) is 0 Å². The van der Waals surface area contributed by atoms with Crippen molar-refractivity contribution >= 4 is 125 Å².